The van der Waals surface area contributed by atoms with E-state index in [-0.39, 0.29) is 5.82 Å². The van der Waals surface area contributed by atoms with E-state index in [2.05, 4.69) is 16.4 Å². The third-order valence-corrected chi connectivity index (χ3v) is 3.50. The van der Waals surface area contributed by atoms with Gasteiger partial charge >= 0.3 is 17.8 Å². The number of carbonyl (C=O) groups is 2. The van der Waals surface area contributed by atoms with Gasteiger partial charge in [0.15, 0.2) is 24.3 Å². The van der Waals surface area contributed by atoms with Gasteiger partial charge in [-0.3, -0.25) is 4.57 Å². The smallest absolute Gasteiger partial charge is 0.424 e. The summed E-state index contributed by atoms with van der Waals surface area (Å²) in [4.78, 5) is 42.2. The van der Waals surface area contributed by atoms with E-state index in [4.69, 9.17) is 14.2 Å². The number of rotatable bonds is 5. The topological polar surface area (TPSA) is 138 Å². The van der Waals surface area contributed by atoms with Crippen LogP contribution in [-0.2, 0) is 23.8 Å². The van der Waals surface area contributed by atoms with Crippen LogP contribution in [0.15, 0.2) is 29.5 Å². The van der Waals surface area contributed by atoms with Gasteiger partial charge in [0.2, 0.25) is 5.83 Å². The van der Waals surface area contributed by atoms with Crippen LogP contribution in [0.1, 0.15) is 6.23 Å². The number of ether oxygens (including phenoxy) is 3. The highest BCUT2D eigenvalue weighted by Crippen LogP contribution is 2.36. The summed E-state index contributed by atoms with van der Waals surface area (Å²) in [7, 11) is 0. The Morgan fingerprint density at radius 1 is 1.44 bits per heavy atom. The quantitative estimate of drug-likeness (QED) is 0.399. The minimum atomic E-state index is -1.37. The molecule has 11 nitrogen and oxygen atoms in total. The van der Waals surface area contributed by atoms with Gasteiger partial charge in [-0.05, 0) is 0 Å². The average molecular weight is 357 g/mol. The lowest BCUT2D eigenvalue weighted by atomic mass is 10.1. The second-order valence-electron chi connectivity index (χ2n) is 5.06. The highest BCUT2D eigenvalue weighted by molar-refractivity contribution is 5.85. The molecule has 0 saturated carbocycles. The van der Waals surface area contributed by atoms with Crippen molar-refractivity contribution >= 4 is 17.9 Å². The first-order valence-electron chi connectivity index (χ1n) is 6.95. The molecule has 1 aromatic heterocycles. The summed E-state index contributed by atoms with van der Waals surface area (Å²) in [5.74, 6) is -2.87. The van der Waals surface area contributed by atoms with Crippen LogP contribution in [-0.4, -0.2) is 51.7 Å². The van der Waals surface area contributed by atoms with Crippen molar-refractivity contribution in [3.63, 3.8) is 0 Å². The van der Waals surface area contributed by atoms with Crippen molar-refractivity contribution in [3.05, 3.63) is 35.2 Å². The van der Waals surface area contributed by atoms with Gasteiger partial charge in [-0.2, -0.15) is 14.9 Å². The average Bonchev–Trinajstić information content (AvgIpc) is 3.10. The molecule has 2 saturated heterocycles. The number of hydrogen-bond donors (Lipinski definition) is 2. The van der Waals surface area contributed by atoms with E-state index in [0.717, 1.165) is 4.57 Å². The molecule has 2 aliphatic rings. The second kappa shape index (κ2) is 6.49. The Morgan fingerprint density at radius 2 is 2.16 bits per heavy atom. The van der Waals surface area contributed by atoms with Crippen LogP contribution < -0.4 is 11.2 Å². The Balaban J connectivity index is 1.77. The van der Waals surface area contributed by atoms with Crippen LogP contribution in [0.25, 0.3) is 0 Å². The highest BCUT2D eigenvalue weighted by Gasteiger charge is 2.55. The number of fused-ring (bicyclic) bond motifs is 1. The molecule has 0 aromatic carbocycles. The number of aliphatic hydroxyl groups is 1. The zero-order chi connectivity index (χ0) is 18.1. The van der Waals surface area contributed by atoms with E-state index in [1.54, 1.807) is 0 Å². The van der Waals surface area contributed by atoms with Gasteiger partial charge in [0.1, 0.15) is 6.10 Å². The molecule has 3 heterocycles. The van der Waals surface area contributed by atoms with Gasteiger partial charge in [-0.15, -0.1) is 0 Å². The summed E-state index contributed by atoms with van der Waals surface area (Å²) in [6.07, 6.45) is -3.42. The maximum atomic E-state index is 12.5. The molecule has 2 fully saturated rings. The predicted octanol–water partition coefficient (Wildman–Crippen LogP) is -0.610. The Hall–Kier alpha value is -2.99. The van der Waals surface area contributed by atoms with Crippen LogP contribution in [0, 0.1) is 0 Å². The van der Waals surface area contributed by atoms with Gasteiger partial charge in [0.05, 0.1) is 6.61 Å². The molecule has 3 rings (SSSR count). The summed E-state index contributed by atoms with van der Waals surface area (Å²) in [6, 6.07) is 1.23. The predicted molar refractivity (Wildman–Crippen MR) is 74.6 cm³/mol. The zero-order valence-corrected chi connectivity index (χ0v) is 12.5. The SMILES string of the molecule is C=C(F)C(=O)ONc1ccn([C@@H]2O[C@H](CO)[C@H]3OC(=O)O[C@H]32)c(=O)n1. The van der Waals surface area contributed by atoms with Crippen LogP contribution in [0.2, 0.25) is 0 Å². The van der Waals surface area contributed by atoms with Gasteiger partial charge in [0, 0.05) is 12.3 Å². The van der Waals surface area contributed by atoms with E-state index in [1.807, 2.05) is 5.48 Å². The van der Waals surface area contributed by atoms with Crippen molar-refractivity contribution in [2.24, 2.45) is 0 Å². The van der Waals surface area contributed by atoms with E-state index < -0.39 is 54.8 Å². The number of nitrogens with zero attached hydrogens (tertiary/aromatic N) is 2. The lowest BCUT2D eigenvalue weighted by Gasteiger charge is -2.17. The van der Waals surface area contributed by atoms with E-state index in [0.29, 0.717) is 0 Å². The second-order valence-corrected chi connectivity index (χ2v) is 5.06. The number of hydrogen-bond acceptors (Lipinski definition) is 10. The van der Waals surface area contributed by atoms with Crippen molar-refractivity contribution in [2.75, 3.05) is 12.1 Å². The number of nitrogens with one attached hydrogen (secondary N) is 1. The number of anilines is 1. The van der Waals surface area contributed by atoms with E-state index in [9.17, 15) is 23.9 Å². The number of carbonyl (C=O) groups excluding carboxylic acids is 2. The summed E-state index contributed by atoms with van der Waals surface area (Å²) in [5.41, 5.74) is 1.15. The Bertz CT molecular complexity index is 781. The summed E-state index contributed by atoms with van der Waals surface area (Å²) >= 11 is 0. The molecule has 0 spiro atoms. The summed E-state index contributed by atoms with van der Waals surface area (Å²) in [6.45, 7) is 2.30. The first kappa shape index (κ1) is 16.9. The fourth-order valence-electron chi connectivity index (χ4n) is 2.41. The van der Waals surface area contributed by atoms with Crippen molar-refractivity contribution in [2.45, 2.75) is 24.5 Å². The minimum absolute atomic E-state index is 0.177. The molecule has 0 amide bonds. The molecule has 25 heavy (non-hydrogen) atoms. The van der Waals surface area contributed by atoms with Crippen molar-refractivity contribution in [1.29, 1.82) is 0 Å². The van der Waals surface area contributed by atoms with Crippen molar-refractivity contribution < 1.29 is 38.1 Å². The largest absolute Gasteiger partial charge is 0.509 e. The standard InChI is InChI=1S/C13H12FN3O8/c1-5(14)11(19)25-16-7-2-3-17(12(20)15-7)10-9-8(6(4-18)22-10)23-13(21)24-9/h2-3,6,8-10,18H,1,4H2,(H,15,16,20)/t6-,8-,9-,10-/m1/s1. The first-order valence-corrected chi connectivity index (χ1v) is 6.95. The van der Waals surface area contributed by atoms with E-state index >= 15 is 0 Å². The molecule has 2 aliphatic heterocycles. The molecule has 0 aliphatic carbocycles. The Kier molecular flexibility index (Phi) is 4.37. The minimum Gasteiger partial charge on any atom is -0.424 e. The summed E-state index contributed by atoms with van der Waals surface area (Å²) in [5, 5.41) is 9.27. The molecular weight excluding hydrogens is 345 g/mol. The molecule has 0 bridgehead atoms. The highest BCUT2D eigenvalue weighted by atomic mass is 19.1. The van der Waals surface area contributed by atoms with Crippen LogP contribution >= 0.6 is 0 Å². The van der Waals surface area contributed by atoms with Gasteiger partial charge in [-0.25, -0.2) is 14.4 Å². The number of aromatic nitrogens is 2. The maximum absolute atomic E-state index is 12.5. The van der Waals surface area contributed by atoms with E-state index in [1.165, 1.54) is 12.3 Å². The van der Waals surface area contributed by atoms with Crippen molar-refractivity contribution in [1.82, 2.24) is 9.55 Å². The summed E-state index contributed by atoms with van der Waals surface area (Å²) < 4.78 is 28.8. The fraction of sp³-hybridized carbons (Fsp3) is 0.385. The fourth-order valence-corrected chi connectivity index (χ4v) is 2.41. The molecular formula is C13H12FN3O8. The lowest BCUT2D eigenvalue weighted by Crippen LogP contribution is -2.34. The third kappa shape index (κ3) is 3.16. The van der Waals surface area contributed by atoms with Crippen LogP contribution in [0.5, 0.6) is 0 Å². The molecule has 2 N–H and O–H groups in total. The zero-order valence-electron chi connectivity index (χ0n) is 12.5. The van der Waals surface area contributed by atoms with Crippen molar-refractivity contribution in [3.8, 4) is 0 Å². The normalized spacial score (nSPS) is 27.2. The molecule has 134 valence electrons. The third-order valence-electron chi connectivity index (χ3n) is 3.50. The Morgan fingerprint density at radius 3 is 2.80 bits per heavy atom. The monoisotopic (exact) mass is 357 g/mol. The molecule has 0 unspecified atom stereocenters. The lowest BCUT2D eigenvalue weighted by molar-refractivity contribution is -0.137. The van der Waals surface area contributed by atoms with Gasteiger partial charge in [0.25, 0.3) is 0 Å². The van der Waals surface area contributed by atoms with Gasteiger partial charge in [-0.1, -0.05) is 6.58 Å². The first-order chi connectivity index (χ1) is 11.9. The van der Waals surface area contributed by atoms with Gasteiger partial charge < -0.3 is 24.2 Å². The van der Waals surface area contributed by atoms with Crippen LogP contribution in [0.4, 0.5) is 15.0 Å². The molecule has 4 atom stereocenters. The molecule has 0 radical (unpaired) electrons. The van der Waals surface area contributed by atoms with Crippen LogP contribution in [0.3, 0.4) is 0 Å². The number of halogens is 1. The Labute approximate surface area is 138 Å². The molecule has 12 heteroatoms. The molecule has 1 aromatic rings. The number of aliphatic hydroxyl groups excluding tert-OH is 1. The maximum Gasteiger partial charge on any atom is 0.509 e.